The van der Waals surface area contributed by atoms with Crippen LogP contribution in [0.4, 0.5) is 13.2 Å². The van der Waals surface area contributed by atoms with Crippen molar-refractivity contribution in [3.8, 4) is 0 Å². The highest BCUT2D eigenvalue weighted by Gasteiger charge is 2.45. The number of nitrogens with one attached hydrogen (secondary N) is 1. The van der Waals surface area contributed by atoms with E-state index in [1.54, 1.807) is 19.1 Å². The molecule has 0 saturated heterocycles. The van der Waals surface area contributed by atoms with Gasteiger partial charge in [0.25, 0.3) is 0 Å². The molecule has 1 amide bonds. The Labute approximate surface area is 121 Å². The van der Waals surface area contributed by atoms with Crippen LogP contribution in [0.2, 0.25) is 0 Å². The van der Waals surface area contributed by atoms with Crippen molar-refractivity contribution in [3.63, 3.8) is 0 Å². The normalized spacial score (nSPS) is 23.0. The highest BCUT2D eigenvalue weighted by molar-refractivity contribution is 5.76. The highest BCUT2D eigenvalue weighted by atomic mass is 19.4. The van der Waals surface area contributed by atoms with Gasteiger partial charge in [-0.2, -0.15) is 13.2 Å². The number of rotatable bonds is 4. The van der Waals surface area contributed by atoms with Crippen LogP contribution in [0.1, 0.15) is 43.6 Å². The van der Waals surface area contributed by atoms with Gasteiger partial charge in [-0.1, -0.05) is 12.8 Å². The molecule has 6 heteroatoms. The van der Waals surface area contributed by atoms with E-state index in [4.69, 9.17) is 4.42 Å². The molecular weight excluding hydrogens is 283 g/mol. The second kappa shape index (κ2) is 6.54. The third-order valence-electron chi connectivity index (χ3n) is 3.93. The SMILES string of the molecule is Cc1ccc(CCC(=O)N[C@@H]2CCCC[C@@H]2C(F)(F)F)o1. The number of amides is 1. The van der Waals surface area contributed by atoms with E-state index in [0.29, 0.717) is 25.0 Å². The Hall–Kier alpha value is -1.46. The zero-order valence-corrected chi connectivity index (χ0v) is 12.0. The van der Waals surface area contributed by atoms with Gasteiger partial charge in [-0.3, -0.25) is 4.79 Å². The Bertz CT molecular complexity index is 482. The van der Waals surface area contributed by atoms with Gasteiger partial charge in [-0.15, -0.1) is 0 Å². The van der Waals surface area contributed by atoms with Gasteiger partial charge in [0.2, 0.25) is 5.91 Å². The largest absolute Gasteiger partial charge is 0.466 e. The lowest BCUT2D eigenvalue weighted by Crippen LogP contribution is -2.47. The summed E-state index contributed by atoms with van der Waals surface area (Å²) in [6.07, 6.45) is -1.88. The van der Waals surface area contributed by atoms with Crippen molar-refractivity contribution >= 4 is 5.91 Å². The second-order valence-corrected chi connectivity index (χ2v) is 5.62. The van der Waals surface area contributed by atoms with Crippen molar-refractivity contribution in [2.24, 2.45) is 5.92 Å². The fourth-order valence-electron chi connectivity index (χ4n) is 2.83. The van der Waals surface area contributed by atoms with Gasteiger partial charge in [0, 0.05) is 18.9 Å². The molecule has 0 bridgehead atoms. The molecule has 0 aliphatic heterocycles. The average Bonchev–Trinajstić information content (AvgIpc) is 2.82. The first-order chi connectivity index (χ1) is 9.86. The van der Waals surface area contributed by atoms with Gasteiger partial charge < -0.3 is 9.73 Å². The average molecular weight is 303 g/mol. The Kier molecular flexibility index (Phi) is 4.96. The van der Waals surface area contributed by atoms with Gasteiger partial charge in [0.05, 0.1) is 5.92 Å². The number of furan rings is 1. The van der Waals surface area contributed by atoms with Gasteiger partial charge >= 0.3 is 6.18 Å². The lowest BCUT2D eigenvalue weighted by atomic mass is 9.84. The minimum Gasteiger partial charge on any atom is -0.466 e. The number of carbonyl (C=O) groups is 1. The van der Waals surface area contributed by atoms with E-state index in [-0.39, 0.29) is 18.7 Å². The number of hydrogen-bond acceptors (Lipinski definition) is 2. The molecule has 2 rings (SSSR count). The Balaban J connectivity index is 1.85. The molecule has 1 aromatic rings. The molecule has 0 aromatic carbocycles. The third kappa shape index (κ3) is 4.51. The Morgan fingerprint density at radius 1 is 1.33 bits per heavy atom. The summed E-state index contributed by atoms with van der Waals surface area (Å²) in [6.45, 7) is 1.81. The molecule has 1 saturated carbocycles. The van der Waals surface area contributed by atoms with Gasteiger partial charge in [0.15, 0.2) is 0 Å². The van der Waals surface area contributed by atoms with Crippen LogP contribution in [-0.4, -0.2) is 18.1 Å². The summed E-state index contributed by atoms with van der Waals surface area (Å²) in [7, 11) is 0. The molecule has 1 fully saturated rings. The van der Waals surface area contributed by atoms with E-state index in [9.17, 15) is 18.0 Å². The smallest absolute Gasteiger partial charge is 0.393 e. The van der Waals surface area contributed by atoms with Crippen LogP contribution >= 0.6 is 0 Å². The minimum atomic E-state index is -4.24. The molecule has 1 heterocycles. The van der Waals surface area contributed by atoms with Gasteiger partial charge in [0.1, 0.15) is 11.5 Å². The fourth-order valence-corrected chi connectivity index (χ4v) is 2.83. The second-order valence-electron chi connectivity index (χ2n) is 5.62. The lowest BCUT2D eigenvalue weighted by Gasteiger charge is -2.33. The first-order valence-electron chi connectivity index (χ1n) is 7.27. The van der Waals surface area contributed by atoms with Crippen molar-refractivity contribution in [2.75, 3.05) is 0 Å². The van der Waals surface area contributed by atoms with Crippen molar-refractivity contribution in [2.45, 2.75) is 57.7 Å². The van der Waals surface area contributed by atoms with Crippen molar-refractivity contribution in [1.29, 1.82) is 0 Å². The van der Waals surface area contributed by atoms with E-state index >= 15 is 0 Å². The number of carbonyl (C=O) groups excluding carboxylic acids is 1. The summed E-state index contributed by atoms with van der Waals surface area (Å²) < 4.78 is 44.1. The summed E-state index contributed by atoms with van der Waals surface area (Å²) in [5.41, 5.74) is 0. The lowest BCUT2D eigenvalue weighted by molar-refractivity contribution is -0.189. The van der Waals surface area contributed by atoms with Gasteiger partial charge in [-0.05, 0) is 31.9 Å². The summed E-state index contributed by atoms with van der Waals surface area (Å²) in [4.78, 5) is 11.8. The topological polar surface area (TPSA) is 42.2 Å². The molecular formula is C15H20F3NO2. The van der Waals surface area contributed by atoms with Crippen LogP contribution < -0.4 is 5.32 Å². The molecule has 0 unspecified atom stereocenters. The summed E-state index contributed by atoms with van der Waals surface area (Å²) >= 11 is 0. The first kappa shape index (κ1) is 15.9. The minimum absolute atomic E-state index is 0.103. The standard InChI is InChI=1S/C15H20F3NO2/c1-10-6-7-11(21-10)8-9-14(20)19-13-5-3-2-4-12(13)15(16,17)18/h6-7,12-13H,2-5,8-9H2,1H3,(H,19,20)/t12-,13+/m0/s1. The predicted octanol–water partition coefficient (Wildman–Crippen LogP) is 3.76. The van der Waals surface area contributed by atoms with Gasteiger partial charge in [-0.25, -0.2) is 0 Å². The maximum Gasteiger partial charge on any atom is 0.393 e. The van der Waals surface area contributed by atoms with Crippen LogP contribution in [0.3, 0.4) is 0 Å². The Morgan fingerprint density at radius 3 is 2.67 bits per heavy atom. The van der Waals surface area contributed by atoms with E-state index in [1.807, 2.05) is 0 Å². The molecule has 21 heavy (non-hydrogen) atoms. The van der Waals surface area contributed by atoms with Crippen LogP contribution in [0.5, 0.6) is 0 Å². The maximum absolute atomic E-state index is 12.9. The fraction of sp³-hybridized carbons (Fsp3) is 0.667. The molecule has 1 aliphatic rings. The number of halogens is 3. The molecule has 2 atom stereocenters. The van der Waals surface area contributed by atoms with E-state index < -0.39 is 18.1 Å². The molecule has 1 N–H and O–H groups in total. The predicted molar refractivity (Wildman–Crippen MR) is 71.7 cm³/mol. The highest BCUT2D eigenvalue weighted by Crippen LogP contribution is 2.37. The van der Waals surface area contributed by atoms with E-state index in [2.05, 4.69) is 5.32 Å². The monoisotopic (exact) mass is 303 g/mol. The summed E-state index contributed by atoms with van der Waals surface area (Å²) in [6, 6.07) is 2.79. The number of alkyl halides is 3. The van der Waals surface area contributed by atoms with Crippen molar-refractivity contribution in [3.05, 3.63) is 23.7 Å². The maximum atomic E-state index is 12.9. The molecule has 1 aliphatic carbocycles. The molecule has 0 spiro atoms. The van der Waals surface area contributed by atoms with E-state index in [0.717, 1.165) is 12.2 Å². The van der Waals surface area contributed by atoms with Crippen LogP contribution in [0.15, 0.2) is 16.5 Å². The van der Waals surface area contributed by atoms with Crippen LogP contribution in [0.25, 0.3) is 0 Å². The molecule has 1 aromatic heterocycles. The number of aryl methyl sites for hydroxylation is 2. The quantitative estimate of drug-likeness (QED) is 0.920. The molecule has 118 valence electrons. The zero-order chi connectivity index (χ0) is 15.5. The van der Waals surface area contributed by atoms with Crippen molar-refractivity contribution in [1.82, 2.24) is 5.32 Å². The molecule has 3 nitrogen and oxygen atoms in total. The summed E-state index contributed by atoms with van der Waals surface area (Å²) in [5.74, 6) is -0.320. The third-order valence-corrected chi connectivity index (χ3v) is 3.93. The van der Waals surface area contributed by atoms with Crippen molar-refractivity contribution < 1.29 is 22.4 Å². The number of hydrogen-bond donors (Lipinski definition) is 1. The van der Waals surface area contributed by atoms with E-state index in [1.165, 1.54) is 0 Å². The summed E-state index contributed by atoms with van der Waals surface area (Å²) in [5, 5.41) is 2.55. The van der Waals surface area contributed by atoms with Crippen LogP contribution in [-0.2, 0) is 11.2 Å². The zero-order valence-electron chi connectivity index (χ0n) is 12.0. The van der Waals surface area contributed by atoms with Crippen LogP contribution in [0, 0.1) is 12.8 Å². The first-order valence-corrected chi connectivity index (χ1v) is 7.27. The molecule has 0 radical (unpaired) electrons. The Morgan fingerprint density at radius 2 is 2.05 bits per heavy atom.